The number of aliphatic hydroxyl groups excluding tert-OH is 1. The van der Waals surface area contributed by atoms with Crippen LogP contribution < -0.4 is 5.32 Å². The summed E-state index contributed by atoms with van der Waals surface area (Å²) in [6.45, 7) is 5.97. The van der Waals surface area contributed by atoms with Crippen molar-refractivity contribution in [2.45, 2.75) is 57.8 Å². The summed E-state index contributed by atoms with van der Waals surface area (Å²) in [6.07, 6.45) is 2.35. The van der Waals surface area contributed by atoms with Gasteiger partial charge >= 0.3 is 6.09 Å². The van der Waals surface area contributed by atoms with Gasteiger partial charge in [-0.2, -0.15) is 0 Å². The molecule has 0 aromatic rings. The molecule has 1 aliphatic rings. The lowest BCUT2D eigenvalue weighted by molar-refractivity contribution is -0.0238. The molecule has 1 aliphatic heterocycles. The predicted molar refractivity (Wildman–Crippen MR) is 63.8 cm³/mol. The van der Waals surface area contributed by atoms with Gasteiger partial charge in [0.2, 0.25) is 0 Å². The van der Waals surface area contributed by atoms with Crippen molar-refractivity contribution in [3.63, 3.8) is 0 Å². The molecule has 0 spiro atoms. The summed E-state index contributed by atoms with van der Waals surface area (Å²) in [7, 11) is 0. The fourth-order valence-corrected chi connectivity index (χ4v) is 1.80. The fourth-order valence-electron chi connectivity index (χ4n) is 1.80. The highest BCUT2D eigenvalue weighted by Gasteiger charge is 2.27. The second kappa shape index (κ2) is 6.21. The lowest BCUT2D eigenvalue weighted by atomic mass is 10.0. The van der Waals surface area contributed by atoms with Gasteiger partial charge in [0.15, 0.2) is 0 Å². The summed E-state index contributed by atoms with van der Waals surface area (Å²) in [5, 5.41) is 11.9. The molecule has 0 aromatic heterocycles. The van der Waals surface area contributed by atoms with Gasteiger partial charge in [-0.15, -0.1) is 0 Å². The minimum absolute atomic E-state index is 0.110. The smallest absolute Gasteiger partial charge is 0.408 e. The molecule has 2 N–H and O–H groups in total. The van der Waals surface area contributed by atoms with Gasteiger partial charge in [-0.25, -0.2) is 4.79 Å². The van der Waals surface area contributed by atoms with Crippen molar-refractivity contribution in [1.29, 1.82) is 0 Å². The monoisotopic (exact) mass is 245 g/mol. The summed E-state index contributed by atoms with van der Waals surface area (Å²) in [6, 6.07) is -0.384. The highest BCUT2D eigenvalue weighted by molar-refractivity contribution is 5.68. The van der Waals surface area contributed by atoms with Crippen LogP contribution in [-0.4, -0.2) is 42.2 Å². The number of nitrogens with one attached hydrogen (secondary N) is 1. The Morgan fingerprint density at radius 1 is 1.53 bits per heavy atom. The molecular formula is C12H23NO4. The van der Waals surface area contributed by atoms with E-state index >= 15 is 0 Å². The number of amides is 1. The first-order valence-corrected chi connectivity index (χ1v) is 6.14. The van der Waals surface area contributed by atoms with Crippen molar-refractivity contribution in [3.8, 4) is 0 Å². The van der Waals surface area contributed by atoms with Crippen molar-refractivity contribution in [2.24, 2.45) is 0 Å². The SMILES string of the molecule is CC(C)(C)OC(=O)N[C@@H](CO)C1CCCCO1. The molecule has 1 rings (SSSR count). The van der Waals surface area contributed by atoms with Crippen LogP contribution in [0.3, 0.4) is 0 Å². The zero-order valence-corrected chi connectivity index (χ0v) is 10.9. The molecule has 0 aromatic carbocycles. The number of carbonyl (C=O) groups is 1. The number of aliphatic hydroxyl groups is 1. The fraction of sp³-hybridized carbons (Fsp3) is 0.917. The zero-order valence-electron chi connectivity index (χ0n) is 10.9. The molecule has 1 amide bonds. The number of hydrogen-bond acceptors (Lipinski definition) is 4. The van der Waals surface area contributed by atoms with Gasteiger partial charge in [0.25, 0.3) is 0 Å². The number of ether oxygens (including phenoxy) is 2. The Morgan fingerprint density at radius 3 is 2.71 bits per heavy atom. The Balaban J connectivity index is 2.42. The van der Waals surface area contributed by atoms with Gasteiger partial charge in [-0.3, -0.25) is 0 Å². The maximum atomic E-state index is 11.6. The highest BCUT2D eigenvalue weighted by atomic mass is 16.6. The van der Waals surface area contributed by atoms with Crippen LogP contribution in [0, 0.1) is 0 Å². The van der Waals surface area contributed by atoms with E-state index in [1.807, 2.05) is 0 Å². The van der Waals surface area contributed by atoms with Crippen LogP contribution in [0.4, 0.5) is 4.79 Å². The molecule has 2 atom stereocenters. The summed E-state index contributed by atoms with van der Waals surface area (Å²) in [5.74, 6) is 0. The molecule has 0 bridgehead atoms. The quantitative estimate of drug-likeness (QED) is 0.789. The van der Waals surface area contributed by atoms with E-state index in [2.05, 4.69) is 5.32 Å². The number of hydrogen-bond donors (Lipinski definition) is 2. The zero-order chi connectivity index (χ0) is 12.9. The van der Waals surface area contributed by atoms with Crippen LogP contribution >= 0.6 is 0 Å². The first-order valence-electron chi connectivity index (χ1n) is 6.14. The topological polar surface area (TPSA) is 67.8 Å². The van der Waals surface area contributed by atoms with E-state index in [9.17, 15) is 9.90 Å². The molecular weight excluding hydrogens is 222 g/mol. The lowest BCUT2D eigenvalue weighted by Crippen LogP contribution is -2.49. The van der Waals surface area contributed by atoms with E-state index < -0.39 is 11.7 Å². The van der Waals surface area contributed by atoms with Crippen LogP contribution in [0.15, 0.2) is 0 Å². The molecule has 1 saturated heterocycles. The Bertz CT molecular complexity index is 243. The number of rotatable bonds is 3. The van der Waals surface area contributed by atoms with Crippen molar-refractivity contribution < 1.29 is 19.4 Å². The van der Waals surface area contributed by atoms with E-state index in [1.165, 1.54) is 0 Å². The van der Waals surface area contributed by atoms with Crippen molar-refractivity contribution in [1.82, 2.24) is 5.32 Å². The van der Waals surface area contributed by atoms with Crippen molar-refractivity contribution >= 4 is 6.09 Å². The Kier molecular flexibility index (Phi) is 5.21. The van der Waals surface area contributed by atoms with Gasteiger partial charge in [0, 0.05) is 6.61 Å². The molecule has 1 fully saturated rings. The van der Waals surface area contributed by atoms with Gasteiger partial charge in [-0.1, -0.05) is 0 Å². The minimum atomic E-state index is -0.530. The summed E-state index contributed by atoms with van der Waals surface area (Å²) in [4.78, 5) is 11.6. The van der Waals surface area contributed by atoms with Gasteiger partial charge < -0.3 is 19.9 Å². The Labute approximate surface area is 102 Å². The third kappa shape index (κ3) is 5.37. The molecule has 1 heterocycles. The van der Waals surface area contributed by atoms with Gasteiger partial charge in [0.05, 0.1) is 18.8 Å². The summed E-state index contributed by atoms with van der Waals surface area (Å²) < 4.78 is 10.7. The van der Waals surface area contributed by atoms with Crippen molar-refractivity contribution in [3.05, 3.63) is 0 Å². The first kappa shape index (κ1) is 14.3. The molecule has 0 aliphatic carbocycles. The molecule has 0 saturated carbocycles. The average Bonchev–Trinajstić information content (AvgIpc) is 2.24. The van der Waals surface area contributed by atoms with Gasteiger partial charge in [-0.05, 0) is 40.0 Å². The molecule has 5 nitrogen and oxygen atoms in total. The molecule has 100 valence electrons. The van der Waals surface area contributed by atoms with E-state index in [1.54, 1.807) is 20.8 Å². The summed E-state index contributed by atoms with van der Waals surface area (Å²) in [5.41, 5.74) is -0.530. The summed E-state index contributed by atoms with van der Waals surface area (Å²) >= 11 is 0. The Hall–Kier alpha value is -0.810. The third-order valence-electron chi connectivity index (χ3n) is 2.56. The number of alkyl carbamates (subject to hydrolysis) is 1. The second-order valence-electron chi connectivity index (χ2n) is 5.34. The van der Waals surface area contributed by atoms with Crippen LogP contribution in [0.5, 0.6) is 0 Å². The largest absolute Gasteiger partial charge is 0.444 e. The average molecular weight is 245 g/mol. The van der Waals surface area contributed by atoms with E-state index in [0.29, 0.717) is 6.61 Å². The predicted octanol–water partition coefficient (Wildman–Crippen LogP) is 1.44. The van der Waals surface area contributed by atoms with E-state index in [0.717, 1.165) is 19.3 Å². The Morgan fingerprint density at radius 2 is 2.24 bits per heavy atom. The third-order valence-corrected chi connectivity index (χ3v) is 2.56. The van der Waals surface area contributed by atoms with Crippen molar-refractivity contribution in [2.75, 3.05) is 13.2 Å². The highest BCUT2D eigenvalue weighted by Crippen LogP contribution is 2.16. The molecule has 0 radical (unpaired) electrons. The first-order chi connectivity index (χ1) is 7.92. The normalized spacial score (nSPS) is 22.9. The standard InChI is InChI=1S/C12H23NO4/c1-12(2,3)17-11(15)13-9(8-14)10-6-4-5-7-16-10/h9-10,14H,4-8H2,1-3H3,(H,13,15)/t9-,10?/m0/s1. The van der Waals surface area contributed by atoms with Crippen LogP contribution in [0.1, 0.15) is 40.0 Å². The minimum Gasteiger partial charge on any atom is -0.444 e. The van der Waals surface area contributed by atoms with Crippen LogP contribution in [0.2, 0.25) is 0 Å². The van der Waals surface area contributed by atoms with E-state index in [4.69, 9.17) is 9.47 Å². The number of carbonyl (C=O) groups excluding carboxylic acids is 1. The molecule has 1 unspecified atom stereocenters. The van der Waals surface area contributed by atoms with E-state index in [-0.39, 0.29) is 18.8 Å². The maximum Gasteiger partial charge on any atom is 0.408 e. The second-order valence-corrected chi connectivity index (χ2v) is 5.34. The van der Waals surface area contributed by atoms with Gasteiger partial charge in [0.1, 0.15) is 5.60 Å². The maximum absolute atomic E-state index is 11.6. The van der Waals surface area contributed by atoms with Crippen LogP contribution in [0.25, 0.3) is 0 Å². The molecule has 5 heteroatoms. The van der Waals surface area contributed by atoms with Crippen LogP contribution in [-0.2, 0) is 9.47 Å². The lowest BCUT2D eigenvalue weighted by Gasteiger charge is -2.30. The molecule has 17 heavy (non-hydrogen) atoms.